The second kappa shape index (κ2) is 5.16. The maximum absolute atomic E-state index is 3.27. The highest BCUT2D eigenvalue weighted by Crippen LogP contribution is 2.32. The molecule has 2 heteroatoms. The number of thiophene rings is 1. The van der Waals surface area contributed by atoms with E-state index in [4.69, 9.17) is 0 Å². The summed E-state index contributed by atoms with van der Waals surface area (Å²) in [5.41, 5.74) is 3.95. The van der Waals surface area contributed by atoms with Crippen molar-refractivity contribution in [2.45, 2.75) is 13.0 Å². The summed E-state index contributed by atoms with van der Waals surface area (Å²) in [5, 5.41) is 6.76. The molecule has 3 aromatic rings. The molecule has 0 aliphatic heterocycles. The van der Waals surface area contributed by atoms with Gasteiger partial charge in [-0.3, -0.25) is 0 Å². The topological polar surface area (TPSA) is 12.0 Å². The molecule has 0 bridgehead atoms. The highest BCUT2D eigenvalue weighted by molar-refractivity contribution is 7.17. The van der Waals surface area contributed by atoms with Gasteiger partial charge in [-0.05, 0) is 47.5 Å². The maximum Gasteiger partial charge on any atom is 0.0421 e. The van der Waals surface area contributed by atoms with Gasteiger partial charge in [0.15, 0.2) is 0 Å². The summed E-state index contributed by atoms with van der Waals surface area (Å²) in [7, 11) is 1.99. The number of hydrogen-bond donors (Lipinski definition) is 1. The van der Waals surface area contributed by atoms with Crippen molar-refractivity contribution in [2.24, 2.45) is 0 Å². The normalized spacial score (nSPS) is 12.7. The minimum Gasteiger partial charge on any atom is -0.313 e. The van der Waals surface area contributed by atoms with Crippen LogP contribution in [0.15, 0.2) is 53.9 Å². The average molecular weight is 267 g/mol. The Labute approximate surface area is 117 Å². The van der Waals surface area contributed by atoms with E-state index < -0.39 is 0 Å². The van der Waals surface area contributed by atoms with Gasteiger partial charge in [-0.15, -0.1) is 11.3 Å². The first kappa shape index (κ1) is 12.4. The number of rotatable bonds is 3. The van der Waals surface area contributed by atoms with Gasteiger partial charge in [-0.2, -0.15) is 0 Å². The van der Waals surface area contributed by atoms with Gasteiger partial charge in [0, 0.05) is 10.7 Å². The van der Waals surface area contributed by atoms with Crippen LogP contribution in [-0.4, -0.2) is 7.05 Å². The van der Waals surface area contributed by atoms with Gasteiger partial charge in [0.2, 0.25) is 0 Å². The predicted molar refractivity (Wildman–Crippen MR) is 84.7 cm³/mol. The Morgan fingerprint density at radius 1 is 1.00 bits per heavy atom. The van der Waals surface area contributed by atoms with E-state index in [-0.39, 0.29) is 0 Å². The van der Waals surface area contributed by atoms with E-state index in [2.05, 4.69) is 66.2 Å². The van der Waals surface area contributed by atoms with Gasteiger partial charge < -0.3 is 5.32 Å². The van der Waals surface area contributed by atoms with E-state index in [0.717, 1.165) is 0 Å². The smallest absolute Gasteiger partial charge is 0.0421 e. The second-order valence-corrected chi connectivity index (χ2v) is 5.69. The fraction of sp³-hybridized carbons (Fsp3) is 0.176. The molecule has 0 aliphatic carbocycles. The van der Waals surface area contributed by atoms with Gasteiger partial charge in [-0.25, -0.2) is 0 Å². The van der Waals surface area contributed by atoms with Crippen molar-refractivity contribution in [1.82, 2.24) is 5.32 Å². The van der Waals surface area contributed by atoms with E-state index in [0.29, 0.717) is 6.04 Å². The molecule has 0 aliphatic rings. The van der Waals surface area contributed by atoms with Crippen molar-refractivity contribution >= 4 is 21.4 Å². The fourth-order valence-corrected chi connectivity index (χ4v) is 3.27. The van der Waals surface area contributed by atoms with Crippen molar-refractivity contribution < 1.29 is 0 Å². The molecule has 0 spiro atoms. The van der Waals surface area contributed by atoms with E-state index in [1.807, 2.05) is 18.4 Å². The molecule has 19 heavy (non-hydrogen) atoms. The Morgan fingerprint density at radius 2 is 1.79 bits per heavy atom. The van der Waals surface area contributed by atoms with Crippen LogP contribution in [0.25, 0.3) is 21.2 Å². The summed E-state index contributed by atoms with van der Waals surface area (Å²) in [6.07, 6.45) is 0. The first-order chi connectivity index (χ1) is 9.29. The Morgan fingerprint density at radius 3 is 2.53 bits per heavy atom. The third-order valence-electron chi connectivity index (χ3n) is 3.63. The van der Waals surface area contributed by atoms with E-state index >= 15 is 0 Å². The van der Waals surface area contributed by atoms with Crippen LogP contribution in [0.1, 0.15) is 18.5 Å². The SMILES string of the molecule is CNC(C)c1ccc(-c2cccc3ccsc23)cc1. The summed E-state index contributed by atoms with van der Waals surface area (Å²) in [6.45, 7) is 2.18. The van der Waals surface area contributed by atoms with Gasteiger partial charge in [0.1, 0.15) is 0 Å². The molecule has 2 aromatic carbocycles. The Bertz CT molecular complexity index is 682. The number of hydrogen-bond acceptors (Lipinski definition) is 2. The number of benzene rings is 2. The standard InChI is InChI=1S/C17H17NS/c1-12(18-2)13-6-8-14(9-7-13)16-5-3-4-15-10-11-19-17(15)16/h3-12,18H,1-2H3. The highest BCUT2D eigenvalue weighted by Gasteiger charge is 2.06. The molecule has 0 saturated heterocycles. The summed E-state index contributed by atoms with van der Waals surface area (Å²) in [4.78, 5) is 0. The van der Waals surface area contributed by atoms with E-state index in [9.17, 15) is 0 Å². The second-order valence-electron chi connectivity index (χ2n) is 4.78. The minimum atomic E-state index is 0.395. The molecule has 1 aromatic heterocycles. The van der Waals surface area contributed by atoms with Crippen LogP contribution in [0.5, 0.6) is 0 Å². The zero-order chi connectivity index (χ0) is 13.2. The van der Waals surface area contributed by atoms with Crippen LogP contribution in [0.3, 0.4) is 0 Å². The van der Waals surface area contributed by atoms with E-state index in [1.54, 1.807) is 0 Å². The minimum absolute atomic E-state index is 0.395. The van der Waals surface area contributed by atoms with Crippen LogP contribution >= 0.6 is 11.3 Å². The van der Waals surface area contributed by atoms with Crippen LogP contribution < -0.4 is 5.32 Å². The quantitative estimate of drug-likeness (QED) is 0.715. The van der Waals surface area contributed by atoms with E-state index in [1.165, 1.54) is 26.8 Å². The van der Waals surface area contributed by atoms with Crippen molar-refractivity contribution in [3.63, 3.8) is 0 Å². The molecule has 3 rings (SSSR count). The summed E-state index contributed by atoms with van der Waals surface area (Å²) < 4.78 is 1.37. The maximum atomic E-state index is 3.27. The summed E-state index contributed by atoms with van der Waals surface area (Å²) in [5.74, 6) is 0. The highest BCUT2D eigenvalue weighted by atomic mass is 32.1. The van der Waals surface area contributed by atoms with Crippen LogP contribution in [0.2, 0.25) is 0 Å². The lowest BCUT2D eigenvalue weighted by Crippen LogP contribution is -2.11. The van der Waals surface area contributed by atoms with Crippen LogP contribution in [-0.2, 0) is 0 Å². The third kappa shape index (κ3) is 2.29. The van der Waals surface area contributed by atoms with Gasteiger partial charge >= 0.3 is 0 Å². The fourth-order valence-electron chi connectivity index (χ4n) is 2.34. The van der Waals surface area contributed by atoms with Crippen molar-refractivity contribution in [3.05, 3.63) is 59.5 Å². The Hall–Kier alpha value is -1.64. The molecule has 0 saturated carbocycles. The van der Waals surface area contributed by atoms with Crippen LogP contribution in [0, 0.1) is 0 Å². The molecule has 0 radical (unpaired) electrons. The molecular formula is C17H17NS. The van der Waals surface area contributed by atoms with Crippen LogP contribution in [0.4, 0.5) is 0 Å². The largest absolute Gasteiger partial charge is 0.313 e. The molecule has 1 unspecified atom stereocenters. The van der Waals surface area contributed by atoms with Gasteiger partial charge in [-0.1, -0.05) is 42.5 Å². The Balaban J connectivity index is 2.05. The van der Waals surface area contributed by atoms with Crippen molar-refractivity contribution in [1.29, 1.82) is 0 Å². The summed E-state index contributed by atoms with van der Waals surface area (Å²) in [6, 6.07) is 17.9. The number of nitrogens with one attached hydrogen (secondary N) is 1. The molecule has 96 valence electrons. The Kier molecular flexibility index (Phi) is 3.36. The summed E-state index contributed by atoms with van der Waals surface area (Å²) >= 11 is 1.81. The molecule has 1 N–H and O–H groups in total. The molecule has 1 nitrogen and oxygen atoms in total. The van der Waals surface area contributed by atoms with Gasteiger partial charge in [0.05, 0.1) is 0 Å². The molecule has 0 amide bonds. The monoisotopic (exact) mass is 267 g/mol. The molecular weight excluding hydrogens is 250 g/mol. The zero-order valence-corrected chi connectivity index (χ0v) is 12.0. The van der Waals surface area contributed by atoms with Gasteiger partial charge in [0.25, 0.3) is 0 Å². The first-order valence-corrected chi connectivity index (χ1v) is 7.41. The molecule has 0 fully saturated rings. The number of fused-ring (bicyclic) bond motifs is 1. The average Bonchev–Trinajstić information content (AvgIpc) is 2.95. The first-order valence-electron chi connectivity index (χ1n) is 6.53. The van der Waals surface area contributed by atoms with Crippen molar-refractivity contribution in [3.8, 4) is 11.1 Å². The lowest BCUT2D eigenvalue weighted by molar-refractivity contribution is 0.652. The molecule has 1 heterocycles. The third-order valence-corrected chi connectivity index (χ3v) is 4.60. The lowest BCUT2D eigenvalue weighted by Gasteiger charge is -2.11. The van der Waals surface area contributed by atoms with Crippen molar-refractivity contribution in [2.75, 3.05) is 7.05 Å². The predicted octanol–water partition coefficient (Wildman–Crippen LogP) is 4.85. The lowest BCUT2D eigenvalue weighted by atomic mass is 10.0. The molecule has 1 atom stereocenters. The zero-order valence-electron chi connectivity index (χ0n) is 11.2.